The van der Waals surface area contributed by atoms with E-state index in [2.05, 4.69) is 16.8 Å². The lowest BCUT2D eigenvalue weighted by atomic mass is 10.0. The number of likely N-dealkylation sites (tertiary alicyclic amines) is 1. The van der Waals surface area contributed by atoms with Gasteiger partial charge in [-0.15, -0.1) is 0 Å². The Morgan fingerprint density at radius 2 is 1.52 bits per heavy atom. The van der Waals surface area contributed by atoms with E-state index in [-0.39, 0.29) is 39.9 Å². The van der Waals surface area contributed by atoms with E-state index in [0.717, 1.165) is 39.0 Å². The monoisotopic (exact) mass is 679 g/mol. The van der Waals surface area contributed by atoms with E-state index < -0.39 is 32.0 Å². The van der Waals surface area contributed by atoms with Gasteiger partial charge in [0.1, 0.15) is 11.5 Å². The minimum atomic E-state index is -4.71. The number of ether oxygens (including phenoxy) is 4. The first-order valence-electron chi connectivity index (χ1n) is 16.3. The van der Waals surface area contributed by atoms with Gasteiger partial charge in [0.05, 0.1) is 26.4 Å². The van der Waals surface area contributed by atoms with Crippen molar-refractivity contribution in [2.24, 2.45) is 0 Å². The van der Waals surface area contributed by atoms with Crippen LogP contribution in [0.25, 0.3) is 0 Å². The van der Waals surface area contributed by atoms with Gasteiger partial charge in [0.25, 0.3) is 6.10 Å². The maximum Gasteiger partial charge on any atom is 0.411 e. The number of quaternary nitrogens is 1. The largest absolute Gasteiger partial charge is 0.497 e. The summed E-state index contributed by atoms with van der Waals surface area (Å²) in [6, 6.07) is 17.7. The molecule has 0 spiro atoms. The van der Waals surface area contributed by atoms with Gasteiger partial charge in [0, 0.05) is 57.4 Å². The normalized spacial score (nSPS) is 22.3. The molecule has 13 heteroatoms. The fourth-order valence-corrected chi connectivity index (χ4v) is 9.18. The fourth-order valence-electron chi connectivity index (χ4n) is 7.06. The van der Waals surface area contributed by atoms with E-state index in [1.165, 1.54) is 32.4 Å². The first kappa shape index (κ1) is 33.7. The van der Waals surface area contributed by atoms with Crippen molar-refractivity contribution >= 4 is 33.4 Å². The lowest BCUT2D eigenvalue weighted by Crippen LogP contribution is -2.54. The topological polar surface area (TPSA) is 115 Å². The molecule has 0 saturated carbocycles. The van der Waals surface area contributed by atoms with Crippen LogP contribution in [0.5, 0.6) is 17.2 Å². The third kappa shape index (κ3) is 5.68. The number of piperidine rings is 1. The third-order valence-electron chi connectivity index (χ3n) is 9.60. The van der Waals surface area contributed by atoms with Crippen molar-refractivity contribution in [2.45, 2.75) is 36.8 Å². The molecule has 0 aliphatic carbocycles. The van der Waals surface area contributed by atoms with Crippen LogP contribution < -0.4 is 18.1 Å². The summed E-state index contributed by atoms with van der Waals surface area (Å²) in [6.45, 7) is 6.94. The average Bonchev–Trinajstić information content (AvgIpc) is 3.36. The van der Waals surface area contributed by atoms with Gasteiger partial charge < -0.3 is 28.7 Å². The molecule has 2 saturated heterocycles. The van der Waals surface area contributed by atoms with Gasteiger partial charge in [-0.2, -0.15) is 8.42 Å². The number of nitrogens with zero attached hydrogens (tertiary/aromatic N) is 4. The Hall–Kier alpha value is -4.17. The molecule has 2 fully saturated rings. The molecule has 2 unspecified atom stereocenters. The van der Waals surface area contributed by atoms with Crippen LogP contribution in [0.3, 0.4) is 0 Å². The zero-order valence-electron chi connectivity index (χ0n) is 27.8. The first-order valence-corrected chi connectivity index (χ1v) is 17.7. The molecule has 3 aliphatic rings. The molecule has 12 nitrogen and oxygen atoms in total. The second-order valence-corrected chi connectivity index (χ2v) is 14.2. The van der Waals surface area contributed by atoms with Gasteiger partial charge in [-0.25, -0.2) is 9.59 Å². The minimum Gasteiger partial charge on any atom is -0.497 e. The Kier molecular flexibility index (Phi) is 9.66. The molecule has 0 bridgehead atoms. The summed E-state index contributed by atoms with van der Waals surface area (Å²) in [5, 5.41) is 0. The Bertz CT molecular complexity index is 1770. The molecule has 0 N–H and O–H groups in total. The predicted octanol–water partition coefficient (Wildman–Crippen LogP) is 4.56. The summed E-state index contributed by atoms with van der Waals surface area (Å²) in [7, 11) is 0.260. The summed E-state index contributed by atoms with van der Waals surface area (Å²) in [5.41, 5.74) is 0.378. The van der Waals surface area contributed by atoms with E-state index in [0.29, 0.717) is 24.9 Å². The number of amides is 2. The van der Waals surface area contributed by atoms with Crippen molar-refractivity contribution in [2.75, 3.05) is 67.1 Å². The van der Waals surface area contributed by atoms with Crippen LogP contribution >= 0.6 is 0 Å². The van der Waals surface area contributed by atoms with Crippen LogP contribution in [-0.4, -0.2) is 108 Å². The highest BCUT2D eigenvalue weighted by molar-refractivity contribution is 7.92. The number of rotatable bonds is 9. The number of likely N-dealkylation sites (N-methyl/N-ethyl adjacent to an activating group) is 1. The molecule has 3 aliphatic heterocycles. The van der Waals surface area contributed by atoms with Gasteiger partial charge in [0.2, 0.25) is 5.69 Å². The molecule has 256 valence electrons. The summed E-state index contributed by atoms with van der Waals surface area (Å²) >= 11 is 0. The zero-order valence-corrected chi connectivity index (χ0v) is 28.6. The maximum absolute atomic E-state index is 15.2. The molecule has 3 heterocycles. The van der Waals surface area contributed by atoms with Crippen molar-refractivity contribution in [1.29, 1.82) is 0 Å². The number of hydrogen-bond acceptors (Lipinski definition) is 10. The highest BCUT2D eigenvalue weighted by atomic mass is 32.2. The van der Waals surface area contributed by atoms with Crippen molar-refractivity contribution in [3.8, 4) is 17.2 Å². The van der Waals surface area contributed by atoms with Gasteiger partial charge in [0.15, 0.2) is 16.3 Å². The van der Waals surface area contributed by atoms with Crippen LogP contribution in [0, 0.1) is 0 Å². The summed E-state index contributed by atoms with van der Waals surface area (Å²) in [4.78, 5) is 35.1. The van der Waals surface area contributed by atoms with E-state index in [4.69, 9.17) is 18.9 Å². The lowest BCUT2D eigenvalue weighted by Gasteiger charge is -2.41. The Morgan fingerprint density at radius 1 is 0.854 bits per heavy atom. The van der Waals surface area contributed by atoms with Gasteiger partial charge in [-0.3, -0.25) is 4.90 Å². The highest BCUT2D eigenvalue weighted by Crippen LogP contribution is 2.56. The Labute approximate surface area is 282 Å². The number of carbonyl (C=O) groups excluding carboxylic acids is 2. The van der Waals surface area contributed by atoms with Crippen molar-refractivity contribution in [3.05, 3.63) is 72.3 Å². The number of fused-ring (bicyclic) bond motifs is 1. The Morgan fingerprint density at radius 3 is 2.19 bits per heavy atom. The molecule has 48 heavy (non-hydrogen) atoms. The molecule has 3 aromatic carbocycles. The lowest BCUT2D eigenvalue weighted by molar-refractivity contribution is -0.132. The molecule has 0 aromatic heterocycles. The minimum absolute atomic E-state index is 0.0632. The van der Waals surface area contributed by atoms with Gasteiger partial charge in [-0.05, 0) is 57.1 Å². The van der Waals surface area contributed by atoms with E-state index in [1.54, 1.807) is 60.4 Å². The first-order chi connectivity index (χ1) is 23.2. The summed E-state index contributed by atoms with van der Waals surface area (Å²) in [5.74, 6) is -0.234. The number of hydrogen-bond donors (Lipinski definition) is 0. The molecular formula is C35H43N4O8S+. The molecule has 2 amide bonds. The van der Waals surface area contributed by atoms with E-state index >= 15 is 13.2 Å². The van der Waals surface area contributed by atoms with E-state index in [9.17, 15) is 4.79 Å². The number of para-hydroxylation sites is 3. The summed E-state index contributed by atoms with van der Waals surface area (Å²) < 4.78 is 52.0. The fraction of sp³-hybridized carbons (Fsp3) is 0.429. The third-order valence-corrected chi connectivity index (χ3v) is 11.8. The average molecular weight is 680 g/mol. The predicted molar refractivity (Wildman–Crippen MR) is 180 cm³/mol. The standard InChI is InChI=1S/C35H43N4O8S/c1-5-46-30-11-7-6-10-29(30)39(48(42,43)32-13-9-8-12-31(32)45-4)28-15-14-26(44-3)24-27(28)33(34(39)40)47-35(41)38-18-16-25(17-19-38)37-22-20-36(2)21-23-37/h6-15,24-25,33H,5,16-23H2,1-4H3/q+1. The van der Waals surface area contributed by atoms with Crippen LogP contribution in [0.4, 0.5) is 16.2 Å². The van der Waals surface area contributed by atoms with E-state index in [1.807, 2.05) is 0 Å². The van der Waals surface area contributed by atoms with Crippen LogP contribution in [-0.2, 0) is 19.6 Å². The number of methoxy groups -OCH3 is 2. The quantitative estimate of drug-likeness (QED) is 0.298. The number of piperazine rings is 1. The van der Waals surface area contributed by atoms with Crippen LogP contribution in [0.2, 0.25) is 0 Å². The highest BCUT2D eigenvalue weighted by Gasteiger charge is 2.66. The summed E-state index contributed by atoms with van der Waals surface area (Å²) in [6.07, 6.45) is -0.666. The van der Waals surface area contributed by atoms with Crippen molar-refractivity contribution in [3.63, 3.8) is 0 Å². The molecule has 0 radical (unpaired) electrons. The second-order valence-electron chi connectivity index (χ2n) is 12.2. The molecule has 6 rings (SSSR count). The molecule has 2 atom stereocenters. The number of sulfonamides is 1. The second kappa shape index (κ2) is 13.7. The molecular weight excluding hydrogens is 636 g/mol. The van der Waals surface area contributed by atoms with Crippen LogP contribution in [0.15, 0.2) is 71.6 Å². The van der Waals surface area contributed by atoms with Gasteiger partial charge >= 0.3 is 22.0 Å². The SMILES string of the molecule is CCOc1ccccc1[N+]1(S(=O)(=O)c2ccccc2OC)C(=O)C(OC(=O)N2CCC(N3CCN(C)CC3)CC2)c2cc(OC)ccc21. The number of benzene rings is 3. The van der Waals surface area contributed by atoms with Crippen LogP contribution in [0.1, 0.15) is 31.4 Å². The number of carbonyl (C=O) groups is 2. The Balaban J connectivity index is 1.42. The van der Waals surface area contributed by atoms with Crippen molar-refractivity contribution in [1.82, 2.24) is 18.6 Å². The zero-order chi connectivity index (χ0) is 34.1. The maximum atomic E-state index is 15.2. The smallest absolute Gasteiger partial charge is 0.411 e. The molecule has 3 aromatic rings. The van der Waals surface area contributed by atoms with Gasteiger partial charge in [-0.1, -0.05) is 28.2 Å². The van der Waals surface area contributed by atoms with Crippen molar-refractivity contribution < 1.29 is 37.0 Å².